The van der Waals surface area contributed by atoms with E-state index in [0.29, 0.717) is 11.3 Å². The van der Waals surface area contributed by atoms with Crippen LogP contribution in [-0.4, -0.2) is 9.97 Å². The van der Waals surface area contributed by atoms with Gasteiger partial charge in [0.1, 0.15) is 5.75 Å². The first kappa shape index (κ1) is 14.3. The monoisotopic (exact) mass is 287 g/mol. The number of hydrogen-bond donors (Lipinski definition) is 0. The first-order valence-electron chi connectivity index (χ1n) is 6.12. The molecule has 0 amide bonds. The summed E-state index contributed by atoms with van der Waals surface area (Å²) in [5.41, 5.74) is 3.86. The van der Waals surface area contributed by atoms with Crippen molar-refractivity contribution < 1.29 is 4.74 Å². The van der Waals surface area contributed by atoms with Crippen LogP contribution in [0, 0.1) is 39.0 Å². The summed E-state index contributed by atoms with van der Waals surface area (Å²) in [6.07, 6.45) is 0. The maximum absolute atomic E-state index is 8.94. The van der Waals surface area contributed by atoms with Crippen molar-refractivity contribution in [1.82, 2.24) is 9.97 Å². The Hall–Kier alpha value is -2.12. The van der Waals surface area contributed by atoms with Crippen molar-refractivity contribution >= 4 is 11.6 Å². The highest BCUT2D eigenvalue weighted by Gasteiger charge is 2.13. The summed E-state index contributed by atoms with van der Waals surface area (Å²) in [5, 5.41) is 9.18. The van der Waals surface area contributed by atoms with Gasteiger partial charge >= 0.3 is 0 Å². The van der Waals surface area contributed by atoms with Gasteiger partial charge in [-0.25, -0.2) is 9.97 Å². The van der Waals surface area contributed by atoms with Crippen LogP contribution in [0.1, 0.15) is 28.1 Å². The molecule has 4 nitrogen and oxygen atoms in total. The summed E-state index contributed by atoms with van der Waals surface area (Å²) in [6, 6.07) is 5.66. The molecule has 102 valence electrons. The van der Waals surface area contributed by atoms with E-state index in [9.17, 15) is 0 Å². The molecule has 0 bridgehead atoms. The van der Waals surface area contributed by atoms with Gasteiger partial charge in [-0.15, -0.1) is 0 Å². The third kappa shape index (κ3) is 2.73. The summed E-state index contributed by atoms with van der Waals surface area (Å²) in [4.78, 5) is 8.50. The highest BCUT2D eigenvalue weighted by molar-refractivity contribution is 6.30. The van der Waals surface area contributed by atoms with Gasteiger partial charge < -0.3 is 4.74 Å². The maximum Gasteiger partial charge on any atom is 0.257 e. The second-order valence-corrected chi connectivity index (χ2v) is 5.00. The SMILES string of the molecule is Cc1cc(C#N)cc(C)c1Oc1nc(C)c(C)nc1Cl. The van der Waals surface area contributed by atoms with Gasteiger partial charge in [0.2, 0.25) is 0 Å². The molecule has 0 aliphatic heterocycles. The molecule has 0 saturated carbocycles. The number of aryl methyl sites for hydroxylation is 4. The van der Waals surface area contributed by atoms with Crippen LogP contribution in [0.3, 0.4) is 0 Å². The Labute approximate surface area is 123 Å². The number of nitriles is 1. The molecule has 0 N–H and O–H groups in total. The van der Waals surface area contributed by atoms with E-state index in [1.165, 1.54) is 0 Å². The van der Waals surface area contributed by atoms with E-state index in [0.717, 1.165) is 22.5 Å². The van der Waals surface area contributed by atoms with Gasteiger partial charge in [0, 0.05) is 0 Å². The van der Waals surface area contributed by atoms with Crippen molar-refractivity contribution in [2.45, 2.75) is 27.7 Å². The Morgan fingerprint density at radius 2 is 1.60 bits per heavy atom. The van der Waals surface area contributed by atoms with Crippen LogP contribution in [0.4, 0.5) is 0 Å². The quantitative estimate of drug-likeness (QED) is 0.837. The molecule has 0 radical (unpaired) electrons. The molecule has 20 heavy (non-hydrogen) atoms. The summed E-state index contributed by atoms with van der Waals surface area (Å²) >= 11 is 6.06. The molecule has 0 fully saturated rings. The number of rotatable bonds is 2. The molecule has 2 aromatic rings. The number of hydrogen-bond acceptors (Lipinski definition) is 4. The lowest BCUT2D eigenvalue weighted by Crippen LogP contribution is -1.99. The highest BCUT2D eigenvalue weighted by Crippen LogP contribution is 2.32. The Morgan fingerprint density at radius 1 is 1.05 bits per heavy atom. The second-order valence-electron chi connectivity index (χ2n) is 4.64. The molecule has 1 aromatic heterocycles. The summed E-state index contributed by atoms with van der Waals surface area (Å²) in [7, 11) is 0. The minimum Gasteiger partial charge on any atom is -0.436 e. The zero-order chi connectivity index (χ0) is 14.9. The topological polar surface area (TPSA) is 58.8 Å². The second kappa shape index (κ2) is 5.48. The van der Waals surface area contributed by atoms with Crippen LogP contribution in [0.2, 0.25) is 5.15 Å². The van der Waals surface area contributed by atoms with Crippen molar-refractivity contribution in [2.24, 2.45) is 0 Å². The first-order chi connectivity index (χ1) is 9.42. The third-order valence-electron chi connectivity index (χ3n) is 3.02. The highest BCUT2D eigenvalue weighted by atomic mass is 35.5. The number of halogens is 1. The predicted octanol–water partition coefficient (Wildman–Crippen LogP) is 4.03. The van der Waals surface area contributed by atoms with Gasteiger partial charge in [-0.1, -0.05) is 11.6 Å². The van der Waals surface area contributed by atoms with Crippen molar-refractivity contribution in [2.75, 3.05) is 0 Å². The summed E-state index contributed by atoms with van der Waals surface area (Å²) in [6.45, 7) is 7.46. The Balaban J connectivity index is 2.46. The molecule has 2 rings (SSSR count). The number of nitrogens with zero attached hydrogens (tertiary/aromatic N) is 3. The largest absolute Gasteiger partial charge is 0.436 e. The van der Waals surface area contributed by atoms with E-state index < -0.39 is 0 Å². The van der Waals surface area contributed by atoms with Gasteiger partial charge in [0.25, 0.3) is 5.88 Å². The minimum atomic E-state index is 0.233. The van der Waals surface area contributed by atoms with Crippen LogP contribution < -0.4 is 4.74 Å². The van der Waals surface area contributed by atoms with E-state index in [2.05, 4.69) is 16.0 Å². The Morgan fingerprint density at radius 3 is 2.15 bits per heavy atom. The fourth-order valence-corrected chi connectivity index (χ4v) is 2.10. The van der Waals surface area contributed by atoms with Gasteiger partial charge in [0.05, 0.1) is 23.0 Å². The number of ether oxygens (including phenoxy) is 1. The molecule has 0 unspecified atom stereocenters. The predicted molar refractivity (Wildman–Crippen MR) is 77.2 cm³/mol. The third-order valence-corrected chi connectivity index (χ3v) is 3.27. The summed E-state index contributed by atoms with van der Waals surface area (Å²) < 4.78 is 5.79. The van der Waals surface area contributed by atoms with E-state index in [1.54, 1.807) is 12.1 Å². The van der Waals surface area contributed by atoms with Crippen LogP contribution >= 0.6 is 11.6 Å². The summed E-state index contributed by atoms with van der Waals surface area (Å²) in [5.74, 6) is 0.939. The molecule has 1 heterocycles. The molecule has 5 heteroatoms. The van der Waals surface area contributed by atoms with Crippen molar-refractivity contribution in [3.63, 3.8) is 0 Å². The molecule has 0 spiro atoms. The van der Waals surface area contributed by atoms with Crippen LogP contribution in [-0.2, 0) is 0 Å². The fraction of sp³-hybridized carbons (Fsp3) is 0.267. The van der Waals surface area contributed by atoms with E-state index in [-0.39, 0.29) is 11.0 Å². The molecular weight excluding hydrogens is 274 g/mol. The van der Waals surface area contributed by atoms with Crippen LogP contribution in [0.15, 0.2) is 12.1 Å². The Kier molecular flexibility index (Phi) is 3.91. The lowest BCUT2D eigenvalue weighted by atomic mass is 10.1. The minimum absolute atomic E-state index is 0.233. The van der Waals surface area contributed by atoms with E-state index in [4.69, 9.17) is 21.6 Å². The molecule has 0 aliphatic rings. The number of benzene rings is 1. The lowest BCUT2D eigenvalue weighted by molar-refractivity contribution is 0.451. The number of aromatic nitrogens is 2. The molecule has 0 aliphatic carbocycles. The van der Waals surface area contributed by atoms with Gasteiger partial charge in [-0.2, -0.15) is 5.26 Å². The molecular formula is C15H14ClN3O. The molecule has 0 saturated heterocycles. The first-order valence-corrected chi connectivity index (χ1v) is 6.50. The van der Waals surface area contributed by atoms with Crippen molar-refractivity contribution in [3.8, 4) is 17.7 Å². The normalized spacial score (nSPS) is 10.2. The average Bonchev–Trinajstić information content (AvgIpc) is 2.39. The average molecular weight is 288 g/mol. The smallest absolute Gasteiger partial charge is 0.257 e. The van der Waals surface area contributed by atoms with Gasteiger partial charge in [-0.05, 0) is 51.0 Å². The lowest BCUT2D eigenvalue weighted by Gasteiger charge is -2.13. The van der Waals surface area contributed by atoms with Crippen molar-refractivity contribution in [1.29, 1.82) is 5.26 Å². The zero-order valence-corrected chi connectivity index (χ0v) is 12.5. The molecule has 1 aromatic carbocycles. The van der Waals surface area contributed by atoms with Gasteiger partial charge in [0.15, 0.2) is 5.15 Å². The van der Waals surface area contributed by atoms with Crippen molar-refractivity contribution in [3.05, 3.63) is 45.4 Å². The van der Waals surface area contributed by atoms with E-state index in [1.807, 2.05) is 27.7 Å². The van der Waals surface area contributed by atoms with Crippen LogP contribution in [0.25, 0.3) is 0 Å². The standard InChI is InChI=1S/C15H14ClN3O/c1-8-5-12(7-17)6-9(2)13(8)20-15-14(16)18-10(3)11(4)19-15/h5-6H,1-4H3. The Bertz CT molecular complexity index is 697. The van der Waals surface area contributed by atoms with Crippen LogP contribution in [0.5, 0.6) is 11.6 Å². The maximum atomic E-state index is 8.94. The zero-order valence-electron chi connectivity index (χ0n) is 11.8. The molecule has 0 atom stereocenters. The van der Waals surface area contributed by atoms with E-state index >= 15 is 0 Å². The fourth-order valence-electron chi connectivity index (χ4n) is 1.89. The van der Waals surface area contributed by atoms with Gasteiger partial charge in [-0.3, -0.25) is 0 Å².